The number of rotatable bonds is 8. The summed E-state index contributed by atoms with van der Waals surface area (Å²) in [5, 5.41) is 6.84. The van der Waals surface area contributed by atoms with Crippen molar-refractivity contribution in [2.24, 2.45) is 0 Å². The zero-order valence-electron chi connectivity index (χ0n) is 17.8. The molecule has 0 atom stereocenters. The fourth-order valence-electron chi connectivity index (χ4n) is 3.21. The third-order valence-corrected chi connectivity index (χ3v) is 6.96. The lowest BCUT2D eigenvalue weighted by atomic mass is 9.96. The van der Waals surface area contributed by atoms with Crippen molar-refractivity contribution >= 4 is 15.9 Å². The molecule has 1 aromatic heterocycles. The number of hydrogen-bond acceptors (Lipinski definition) is 6. The maximum absolute atomic E-state index is 12.5. The monoisotopic (exact) mass is 434 g/mol. The number of carbonyl (C=O) groups is 1. The molecule has 1 N–H and O–H groups in total. The van der Waals surface area contributed by atoms with E-state index in [1.165, 1.54) is 4.31 Å². The van der Waals surface area contributed by atoms with Gasteiger partial charge in [0.1, 0.15) is 0 Å². The molecule has 1 saturated heterocycles. The molecule has 0 unspecified atom stereocenters. The van der Waals surface area contributed by atoms with Gasteiger partial charge in [-0.2, -0.15) is 9.29 Å². The van der Waals surface area contributed by atoms with E-state index in [-0.39, 0.29) is 11.3 Å². The predicted octanol–water partition coefficient (Wildman–Crippen LogP) is 2.79. The van der Waals surface area contributed by atoms with Crippen molar-refractivity contribution in [3.05, 3.63) is 41.5 Å². The third kappa shape index (κ3) is 5.66. The molecule has 2 heterocycles. The largest absolute Gasteiger partial charge is 0.352 e. The van der Waals surface area contributed by atoms with Gasteiger partial charge in [-0.05, 0) is 37.0 Å². The van der Waals surface area contributed by atoms with Crippen LogP contribution < -0.4 is 5.32 Å². The topological polar surface area (TPSA) is 105 Å². The molecule has 1 aliphatic rings. The first-order chi connectivity index (χ1) is 14.2. The number of aromatic nitrogens is 2. The SMILES string of the molecule is CC(C)(C)c1noc(CCCC(=O)NCc2ccc(S(=O)(=O)N3CCCC3)cc2)n1. The van der Waals surface area contributed by atoms with E-state index in [2.05, 4.69) is 15.5 Å². The first-order valence-electron chi connectivity index (χ1n) is 10.3. The number of hydrogen-bond donors (Lipinski definition) is 1. The summed E-state index contributed by atoms with van der Waals surface area (Å²) >= 11 is 0. The number of nitrogens with zero attached hydrogens (tertiary/aromatic N) is 3. The molecule has 1 fully saturated rings. The lowest BCUT2D eigenvalue weighted by Crippen LogP contribution is -2.27. The van der Waals surface area contributed by atoms with Gasteiger partial charge in [-0.15, -0.1) is 0 Å². The second kappa shape index (κ2) is 9.26. The molecular weight excluding hydrogens is 404 g/mol. The third-order valence-electron chi connectivity index (χ3n) is 5.05. The summed E-state index contributed by atoms with van der Waals surface area (Å²) < 4.78 is 31.8. The molecule has 8 nitrogen and oxygen atoms in total. The van der Waals surface area contributed by atoms with Crippen LogP contribution in [-0.2, 0) is 33.2 Å². The van der Waals surface area contributed by atoms with Crippen LogP contribution in [0, 0.1) is 0 Å². The van der Waals surface area contributed by atoms with Gasteiger partial charge in [0.15, 0.2) is 5.82 Å². The highest BCUT2D eigenvalue weighted by Gasteiger charge is 2.26. The van der Waals surface area contributed by atoms with Crippen LogP contribution in [0.3, 0.4) is 0 Å². The Hall–Kier alpha value is -2.26. The fraction of sp³-hybridized carbons (Fsp3) is 0.571. The average molecular weight is 435 g/mol. The second-order valence-corrected chi connectivity index (χ2v) is 10.6. The van der Waals surface area contributed by atoms with Gasteiger partial charge < -0.3 is 9.84 Å². The molecule has 2 aromatic rings. The van der Waals surface area contributed by atoms with Gasteiger partial charge in [0, 0.05) is 37.9 Å². The Bertz CT molecular complexity index is 956. The van der Waals surface area contributed by atoms with Crippen molar-refractivity contribution < 1.29 is 17.7 Å². The Morgan fingerprint density at radius 1 is 1.17 bits per heavy atom. The van der Waals surface area contributed by atoms with Crippen LogP contribution in [0.1, 0.15) is 63.7 Å². The maximum Gasteiger partial charge on any atom is 0.243 e. The second-order valence-electron chi connectivity index (χ2n) is 8.65. The van der Waals surface area contributed by atoms with Crippen LogP contribution in [0.4, 0.5) is 0 Å². The van der Waals surface area contributed by atoms with Gasteiger partial charge in [0.25, 0.3) is 0 Å². The minimum Gasteiger partial charge on any atom is -0.352 e. The van der Waals surface area contributed by atoms with Crippen LogP contribution in [-0.4, -0.2) is 41.9 Å². The Labute approximate surface area is 178 Å². The fourth-order valence-corrected chi connectivity index (χ4v) is 4.72. The first kappa shape index (κ1) is 22.4. The van der Waals surface area contributed by atoms with Crippen LogP contribution in [0.25, 0.3) is 0 Å². The first-order valence-corrected chi connectivity index (χ1v) is 11.8. The minimum atomic E-state index is -3.41. The summed E-state index contributed by atoms with van der Waals surface area (Å²) in [6.07, 6.45) is 3.35. The molecule has 30 heavy (non-hydrogen) atoms. The highest BCUT2D eigenvalue weighted by atomic mass is 32.2. The predicted molar refractivity (Wildman–Crippen MR) is 112 cm³/mol. The Kier molecular flexibility index (Phi) is 6.92. The van der Waals surface area contributed by atoms with Gasteiger partial charge in [0.2, 0.25) is 21.8 Å². The standard InChI is InChI=1S/C21H30N4O4S/c1-21(2,3)20-23-19(29-24-20)8-6-7-18(26)22-15-16-9-11-17(12-10-16)30(27,28)25-13-4-5-14-25/h9-12H,4-8,13-15H2,1-3H3,(H,22,26). The van der Waals surface area contributed by atoms with E-state index in [9.17, 15) is 13.2 Å². The smallest absolute Gasteiger partial charge is 0.243 e. The number of amides is 1. The van der Waals surface area contributed by atoms with Gasteiger partial charge in [-0.1, -0.05) is 38.1 Å². The molecule has 1 aliphatic heterocycles. The van der Waals surface area contributed by atoms with E-state index in [4.69, 9.17) is 4.52 Å². The quantitative estimate of drug-likeness (QED) is 0.685. The van der Waals surface area contributed by atoms with Crippen molar-refractivity contribution in [1.82, 2.24) is 19.8 Å². The summed E-state index contributed by atoms with van der Waals surface area (Å²) in [4.78, 5) is 16.8. The van der Waals surface area contributed by atoms with Crippen molar-refractivity contribution in [2.75, 3.05) is 13.1 Å². The van der Waals surface area contributed by atoms with Gasteiger partial charge in [-0.3, -0.25) is 4.79 Å². The molecule has 1 aromatic carbocycles. The Morgan fingerprint density at radius 2 is 1.83 bits per heavy atom. The van der Waals surface area contributed by atoms with Gasteiger partial charge in [-0.25, -0.2) is 8.42 Å². The Morgan fingerprint density at radius 3 is 2.43 bits per heavy atom. The van der Waals surface area contributed by atoms with Crippen molar-refractivity contribution in [3.63, 3.8) is 0 Å². The molecule has 9 heteroatoms. The van der Waals surface area contributed by atoms with E-state index < -0.39 is 10.0 Å². The molecule has 1 amide bonds. The summed E-state index contributed by atoms with van der Waals surface area (Å²) in [6.45, 7) is 7.58. The van der Waals surface area contributed by atoms with E-state index in [1.807, 2.05) is 20.8 Å². The van der Waals surface area contributed by atoms with Crippen molar-refractivity contribution in [2.45, 2.75) is 69.7 Å². The van der Waals surface area contributed by atoms with Crippen molar-refractivity contribution in [3.8, 4) is 0 Å². The van der Waals surface area contributed by atoms with Crippen LogP contribution in [0.5, 0.6) is 0 Å². The van der Waals surface area contributed by atoms with E-state index in [0.29, 0.717) is 55.5 Å². The minimum absolute atomic E-state index is 0.0701. The molecule has 0 bridgehead atoms. The molecule has 164 valence electrons. The van der Waals surface area contributed by atoms with Crippen molar-refractivity contribution in [1.29, 1.82) is 0 Å². The van der Waals surface area contributed by atoms with Crippen LogP contribution >= 0.6 is 0 Å². The summed E-state index contributed by atoms with van der Waals surface area (Å²) in [7, 11) is -3.41. The summed E-state index contributed by atoms with van der Waals surface area (Å²) in [5.74, 6) is 1.14. The van der Waals surface area contributed by atoms with Crippen LogP contribution in [0.15, 0.2) is 33.7 Å². The zero-order chi connectivity index (χ0) is 21.8. The average Bonchev–Trinajstić information content (AvgIpc) is 3.39. The maximum atomic E-state index is 12.5. The summed E-state index contributed by atoms with van der Waals surface area (Å²) in [5.41, 5.74) is 0.693. The highest BCUT2D eigenvalue weighted by Crippen LogP contribution is 2.21. The number of sulfonamides is 1. The molecule has 3 rings (SSSR count). The van der Waals surface area contributed by atoms with Crippen LogP contribution in [0.2, 0.25) is 0 Å². The lowest BCUT2D eigenvalue weighted by molar-refractivity contribution is -0.121. The number of benzene rings is 1. The highest BCUT2D eigenvalue weighted by molar-refractivity contribution is 7.89. The molecule has 0 saturated carbocycles. The molecule has 0 radical (unpaired) electrons. The van der Waals surface area contributed by atoms with E-state index in [0.717, 1.165) is 18.4 Å². The normalized spacial score (nSPS) is 15.4. The molecule has 0 aliphatic carbocycles. The number of carbonyl (C=O) groups excluding carboxylic acids is 1. The number of nitrogens with one attached hydrogen (secondary N) is 1. The molecular formula is C21H30N4O4S. The van der Waals surface area contributed by atoms with E-state index >= 15 is 0 Å². The van der Waals surface area contributed by atoms with Gasteiger partial charge >= 0.3 is 0 Å². The zero-order valence-corrected chi connectivity index (χ0v) is 18.7. The van der Waals surface area contributed by atoms with Gasteiger partial charge in [0.05, 0.1) is 4.90 Å². The summed E-state index contributed by atoms with van der Waals surface area (Å²) in [6, 6.07) is 6.71. The number of aryl methyl sites for hydroxylation is 1. The Balaban J connectivity index is 1.43. The molecule has 0 spiro atoms. The van der Waals surface area contributed by atoms with E-state index in [1.54, 1.807) is 24.3 Å². The lowest BCUT2D eigenvalue weighted by Gasteiger charge is -2.15.